The molecular formula is C53H38N2. The number of nitrogens with one attached hydrogen (secondary N) is 2. The van der Waals surface area contributed by atoms with Crippen LogP contribution in [0.5, 0.6) is 0 Å². The average molecular weight is 703 g/mol. The van der Waals surface area contributed by atoms with Gasteiger partial charge >= 0.3 is 0 Å². The molecule has 0 aliphatic heterocycles. The van der Waals surface area contributed by atoms with Crippen molar-refractivity contribution in [2.45, 2.75) is 6.54 Å². The van der Waals surface area contributed by atoms with Crippen LogP contribution >= 0.6 is 0 Å². The molecule has 0 amide bonds. The Morgan fingerprint density at radius 3 is 1.45 bits per heavy atom. The molecule has 260 valence electrons. The molecule has 0 saturated heterocycles. The molecule has 0 atom stereocenters. The Balaban J connectivity index is 1.07. The maximum atomic E-state index is 3.66. The minimum Gasteiger partial charge on any atom is -0.379 e. The summed E-state index contributed by atoms with van der Waals surface area (Å²) in [7, 11) is 0. The average Bonchev–Trinajstić information content (AvgIpc) is 3.25. The number of hydrogen-bond acceptors (Lipinski definition) is 2. The quantitative estimate of drug-likeness (QED) is 0.154. The van der Waals surface area contributed by atoms with Crippen molar-refractivity contribution in [3.63, 3.8) is 0 Å². The lowest BCUT2D eigenvalue weighted by Crippen LogP contribution is -2.02. The smallest absolute Gasteiger partial charge is 0.0620 e. The fraction of sp³-hybridized carbons (Fsp3) is 0.0189. The van der Waals surface area contributed by atoms with E-state index in [2.05, 4.69) is 199 Å². The maximum absolute atomic E-state index is 3.66. The normalized spacial score (nSPS) is 11.3. The van der Waals surface area contributed by atoms with E-state index in [1.54, 1.807) is 0 Å². The highest BCUT2D eigenvalue weighted by Crippen LogP contribution is 2.45. The van der Waals surface area contributed by atoms with E-state index in [4.69, 9.17) is 0 Å². The van der Waals surface area contributed by atoms with Gasteiger partial charge in [-0.3, -0.25) is 0 Å². The summed E-state index contributed by atoms with van der Waals surface area (Å²) in [5.74, 6) is 0. The molecule has 0 unspecified atom stereocenters. The third-order valence-corrected chi connectivity index (χ3v) is 10.9. The van der Waals surface area contributed by atoms with Crippen molar-refractivity contribution in [3.8, 4) is 33.4 Å². The molecule has 0 spiro atoms. The van der Waals surface area contributed by atoms with Crippen LogP contribution in [0.3, 0.4) is 0 Å². The van der Waals surface area contributed by atoms with Crippen LogP contribution in [0.25, 0.3) is 76.5 Å². The Kier molecular flexibility index (Phi) is 8.27. The van der Waals surface area contributed by atoms with Gasteiger partial charge in [0.1, 0.15) is 0 Å². The predicted octanol–water partition coefficient (Wildman–Crippen LogP) is 14.7. The second-order valence-corrected chi connectivity index (χ2v) is 14.3. The number of anilines is 3. The van der Waals surface area contributed by atoms with Gasteiger partial charge in [-0.2, -0.15) is 0 Å². The first-order valence-electron chi connectivity index (χ1n) is 19.0. The first kappa shape index (κ1) is 32.5. The number of hydrogen-bond donors (Lipinski definition) is 2. The van der Waals surface area contributed by atoms with Crippen LogP contribution in [-0.2, 0) is 6.54 Å². The van der Waals surface area contributed by atoms with Gasteiger partial charge in [0.25, 0.3) is 0 Å². The van der Waals surface area contributed by atoms with Crippen molar-refractivity contribution < 1.29 is 0 Å². The van der Waals surface area contributed by atoms with Gasteiger partial charge in [-0.05, 0) is 124 Å². The van der Waals surface area contributed by atoms with Gasteiger partial charge in [0, 0.05) is 12.2 Å². The number of para-hydroxylation sites is 3. The number of fused-ring (bicyclic) bond motifs is 4. The fourth-order valence-electron chi connectivity index (χ4n) is 8.11. The van der Waals surface area contributed by atoms with Crippen molar-refractivity contribution in [2.75, 3.05) is 10.6 Å². The highest BCUT2D eigenvalue weighted by molar-refractivity contribution is 6.22. The van der Waals surface area contributed by atoms with Crippen molar-refractivity contribution in [1.82, 2.24) is 0 Å². The van der Waals surface area contributed by atoms with Crippen LogP contribution in [-0.4, -0.2) is 0 Å². The molecule has 10 aromatic rings. The van der Waals surface area contributed by atoms with Crippen molar-refractivity contribution in [1.29, 1.82) is 0 Å². The molecule has 0 saturated carbocycles. The lowest BCUT2D eigenvalue weighted by atomic mass is 9.84. The number of rotatable bonds is 8. The summed E-state index contributed by atoms with van der Waals surface area (Å²) >= 11 is 0. The zero-order valence-electron chi connectivity index (χ0n) is 30.3. The third-order valence-electron chi connectivity index (χ3n) is 10.9. The molecule has 2 N–H and O–H groups in total. The zero-order chi connectivity index (χ0) is 36.6. The molecule has 2 nitrogen and oxygen atoms in total. The monoisotopic (exact) mass is 702 g/mol. The van der Waals surface area contributed by atoms with E-state index in [-0.39, 0.29) is 0 Å². The van der Waals surface area contributed by atoms with E-state index in [1.807, 2.05) is 18.2 Å². The van der Waals surface area contributed by atoms with Gasteiger partial charge in [0.2, 0.25) is 0 Å². The van der Waals surface area contributed by atoms with Gasteiger partial charge in [0.05, 0.1) is 11.4 Å². The summed E-state index contributed by atoms with van der Waals surface area (Å²) in [4.78, 5) is 0. The largest absolute Gasteiger partial charge is 0.379 e. The molecule has 0 aromatic heterocycles. The molecule has 0 fully saturated rings. The van der Waals surface area contributed by atoms with Crippen LogP contribution in [0, 0.1) is 0 Å². The summed E-state index contributed by atoms with van der Waals surface area (Å²) in [6.07, 6.45) is 0. The fourth-order valence-corrected chi connectivity index (χ4v) is 8.11. The van der Waals surface area contributed by atoms with Crippen LogP contribution < -0.4 is 10.6 Å². The van der Waals surface area contributed by atoms with E-state index >= 15 is 0 Å². The Labute approximate surface area is 321 Å². The lowest BCUT2D eigenvalue weighted by molar-refractivity contribution is 1.15. The molecule has 0 heterocycles. The second kappa shape index (κ2) is 14.0. The molecule has 0 aliphatic carbocycles. The molecule has 0 bridgehead atoms. The second-order valence-electron chi connectivity index (χ2n) is 14.3. The molecule has 2 heteroatoms. The third kappa shape index (κ3) is 6.24. The highest BCUT2D eigenvalue weighted by Gasteiger charge is 2.18. The SMILES string of the molecule is c1ccc(Nc2ccccc2NCc2ccc(-c3ccc4c(-c5ccc6ccccc6c5)c5ccccc5c(-c5ccc6ccccc6c5)c4c3)cc2)cc1. The van der Waals surface area contributed by atoms with Gasteiger partial charge in [0.15, 0.2) is 0 Å². The van der Waals surface area contributed by atoms with E-state index in [0.29, 0.717) is 0 Å². The highest BCUT2D eigenvalue weighted by atomic mass is 15.0. The molecule has 10 rings (SSSR count). The lowest BCUT2D eigenvalue weighted by Gasteiger charge is -2.19. The zero-order valence-corrected chi connectivity index (χ0v) is 30.3. The molecule has 55 heavy (non-hydrogen) atoms. The van der Waals surface area contributed by atoms with E-state index in [0.717, 1.165) is 23.6 Å². The molecule has 0 radical (unpaired) electrons. The van der Waals surface area contributed by atoms with E-state index in [1.165, 1.54) is 82.0 Å². The summed E-state index contributed by atoms with van der Waals surface area (Å²) in [5.41, 5.74) is 11.8. The summed E-state index contributed by atoms with van der Waals surface area (Å²) < 4.78 is 0. The van der Waals surface area contributed by atoms with Crippen molar-refractivity contribution in [2.24, 2.45) is 0 Å². The van der Waals surface area contributed by atoms with Crippen LogP contribution in [0.1, 0.15) is 5.56 Å². The summed E-state index contributed by atoms with van der Waals surface area (Å²) in [6.45, 7) is 0.721. The van der Waals surface area contributed by atoms with Crippen LogP contribution in [0.2, 0.25) is 0 Å². The molecule has 0 aliphatic rings. The Morgan fingerprint density at radius 1 is 0.309 bits per heavy atom. The first-order chi connectivity index (χ1) is 27.2. The Bertz CT molecular complexity index is 3000. The molecule has 10 aromatic carbocycles. The summed E-state index contributed by atoms with van der Waals surface area (Å²) in [5, 5.41) is 17.2. The summed E-state index contributed by atoms with van der Waals surface area (Å²) in [6, 6.07) is 74.7. The predicted molar refractivity (Wildman–Crippen MR) is 236 cm³/mol. The first-order valence-corrected chi connectivity index (χ1v) is 19.0. The van der Waals surface area contributed by atoms with Crippen molar-refractivity contribution >= 4 is 60.2 Å². The van der Waals surface area contributed by atoms with E-state index < -0.39 is 0 Å². The molecular weight excluding hydrogens is 665 g/mol. The maximum Gasteiger partial charge on any atom is 0.0620 e. The van der Waals surface area contributed by atoms with Gasteiger partial charge < -0.3 is 10.6 Å². The van der Waals surface area contributed by atoms with Gasteiger partial charge in [-0.1, -0.05) is 164 Å². The van der Waals surface area contributed by atoms with Crippen LogP contribution in [0.15, 0.2) is 206 Å². The topological polar surface area (TPSA) is 24.1 Å². The van der Waals surface area contributed by atoms with Gasteiger partial charge in [-0.15, -0.1) is 0 Å². The Morgan fingerprint density at radius 2 is 0.800 bits per heavy atom. The van der Waals surface area contributed by atoms with E-state index in [9.17, 15) is 0 Å². The van der Waals surface area contributed by atoms with Crippen molar-refractivity contribution in [3.05, 3.63) is 212 Å². The van der Waals surface area contributed by atoms with Gasteiger partial charge in [-0.25, -0.2) is 0 Å². The van der Waals surface area contributed by atoms with Crippen LogP contribution in [0.4, 0.5) is 17.1 Å². The minimum absolute atomic E-state index is 0.721. The standard InChI is InChI=1S/C53H38N2/c1-2-16-45(17-3-1)55-51-21-11-10-20-50(51)54-35-36-22-24-39(25-23-36)42-30-31-48-49(34-42)53(44-29-27-38-13-5-7-15-41(38)33-44)47-19-9-8-18-46(47)52(48)43-28-26-37-12-4-6-14-40(37)32-43/h1-34,54-55H,35H2. The Hall–Kier alpha value is -7.16. The minimum atomic E-state index is 0.721. The number of benzene rings is 10.